The van der Waals surface area contributed by atoms with Gasteiger partial charge in [-0.05, 0) is 43.8 Å². The van der Waals surface area contributed by atoms with Crippen molar-refractivity contribution in [3.8, 4) is 17.0 Å². The number of fused-ring (bicyclic) bond motifs is 3. The minimum absolute atomic E-state index is 0.184. The summed E-state index contributed by atoms with van der Waals surface area (Å²) in [6, 6.07) is 13.1. The Labute approximate surface area is 168 Å². The lowest BCUT2D eigenvalue weighted by molar-refractivity contribution is 0.478. The molecule has 7 heteroatoms. The highest BCUT2D eigenvalue weighted by Gasteiger charge is 2.47. The summed E-state index contributed by atoms with van der Waals surface area (Å²) in [5.41, 5.74) is 3.91. The number of hydrogen-bond donors (Lipinski definition) is 1. The Hall–Kier alpha value is -3.19. The molecule has 0 aliphatic carbocycles. The Morgan fingerprint density at radius 3 is 2.66 bits per heavy atom. The number of pyridine rings is 2. The molecule has 0 amide bonds. The van der Waals surface area contributed by atoms with Crippen LogP contribution in [0.5, 0.6) is 5.75 Å². The van der Waals surface area contributed by atoms with Crippen LogP contribution in [0.3, 0.4) is 0 Å². The average Bonchev–Trinajstić information content (AvgIpc) is 3.22. The van der Waals surface area contributed by atoms with Crippen LogP contribution in [0.1, 0.15) is 6.42 Å². The maximum Gasteiger partial charge on any atom is 0.129 e. The molecule has 7 nitrogen and oxygen atoms in total. The zero-order chi connectivity index (χ0) is 19.7. The highest BCUT2D eigenvalue weighted by molar-refractivity contribution is 5.88. The van der Waals surface area contributed by atoms with E-state index in [-0.39, 0.29) is 5.75 Å². The summed E-state index contributed by atoms with van der Waals surface area (Å²) in [5, 5.41) is 15.8. The minimum atomic E-state index is 0.184. The molecule has 3 unspecified atom stereocenters. The number of aromatic nitrogens is 4. The van der Waals surface area contributed by atoms with E-state index >= 15 is 0 Å². The largest absolute Gasteiger partial charge is 0.507 e. The van der Waals surface area contributed by atoms with Gasteiger partial charge in [0, 0.05) is 55.4 Å². The van der Waals surface area contributed by atoms with Crippen LogP contribution < -0.4 is 4.90 Å². The van der Waals surface area contributed by atoms with E-state index in [9.17, 15) is 5.11 Å². The molecule has 0 radical (unpaired) electrons. The van der Waals surface area contributed by atoms with Gasteiger partial charge in [-0.3, -0.25) is 9.58 Å². The van der Waals surface area contributed by atoms with Crippen molar-refractivity contribution in [1.82, 2.24) is 24.6 Å². The van der Waals surface area contributed by atoms with Gasteiger partial charge in [0.2, 0.25) is 0 Å². The number of nitrogens with zero attached hydrogens (tertiary/aromatic N) is 6. The average molecular weight is 386 g/mol. The molecule has 29 heavy (non-hydrogen) atoms. The van der Waals surface area contributed by atoms with Crippen molar-refractivity contribution in [3.05, 3.63) is 42.6 Å². The fraction of sp³-hybridized carbons (Fsp3) is 0.318. The molecule has 2 saturated heterocycles. The predicted octanol–water partition coefficient (Wildman–Crippen LogP) is 2.78. The van der Waals surface area contributed by atoms with Gasteiger partial charge in [-0.25, -0.2) is 9.97 Å². The van der Waals surface area contributed by atoms with E-state index < -0.39 is 0 Å². The number of rotatable bonds is 2. The molecule has 0 bridgehead atoms. The monoisotopic (exact) mass is 386 g/mol. The van der Waals surface area contributed by atoms with Gasteiger partial charge in [-0.1, -0.05) is 0 Å². The fourth-order valence-corrected chi connectivity index (χ4v) is 4.65. The van der Waals surface area contributed by atoms with Crippen molar-refractivity contribution in [2.75, 3.05) is 25.0 Å². The highest BCUT2D eigenvalue weighted by atomic mass is 16.3. The maximum atomic E-state index is 10.5. The molecule has 1 aromatic carbocycles. The van der Waals surface area contributed by atoms with Gasteiger partial charge in [0.1, 0.15) is 11.6 Å². The molecule has 0 spiro atoms. The molecule has 3 atom stereocenters. The number of likely N-dealkylation sites (N-methyl/N-ethyl adjacent to an activating group) is 1. The van der Waals surface area contributed by atoms with Crippen molar-refractivity contribution in [2.45, 2.75) is 18.5 Å². The third-order valence-electron chi connectivity index (χ3n) is 6.37. The van der Waals surface area contributed by atoms with Crippen LogP contribution >= 0.6 is 0 Å². The van der Waals surface area contributed by atoms with Gasteiger partial charge in [0.05, 0.1) is 22.2 Å². The lowest BCUT2D eigenvalue weighted by Crippen LogP contribution is -2.35. The fourth-order valence-electron chi connectivity index (χ4n) is 4.65. The zero-order valence-electron chi connectivity index (χ0n) is 16.4. The van der Waals surface area contributed by atoms with Crippen LogP contribution in [0.2, 0.25) is 0 Å². The summed E-state index contributed by atoms with van der Waals surface area (Å²) in [6.07, 6.45) is 3.14. The summed E-state index contributed by atoms with van der Waals surface area (Å²) < 4.78 is 1.75. The van der Waals surface area contributed by atoms with Crippen LogP contribution in [-0.4, -0.2) is 62.0 Å². The quantitative estimate of drug-likeness (QED) is 0.534. The number of hydrogen-bond acceptors (Lipinski definition) is 6. The Bertz CT molecular complexity index is 1270. The molecule has 4 aromatic rings. The molecule has 146 valence electrons. The van der Waals surface area contributed by atoms with Gasteiger partial charge < -0.3 is 10.0 Å². The number of anilines is 1. The third-order valence-corrected chi connectivity index (χ3v) is 6.37. The first-order valence-electron chi connectivity index (χ1n) is 9.98. The number of phenolic OH excluding ortho intramolecular Hbond substituents is 1. The molecular weight excluding hydrogens is 364 g/mol. The second-order valence-corrected chi connectivity index (χ2v) is 8.17. The summed E-state index contributed by atoms with van der Waals surface area (Å²) in [5.74, 6) is 1.20. The van der Waals surface area contributed by atoms with Crippen molar-refractivity contribution in [1.29, 1.82) is 0 Å². The van der Waals surface area contributed by atoms with E-state index in [1.165, 1.54) is 6.42 Å². The zero-order valence-corrected chi connectivity index (χ0v) is 16.4. The van der Waals surface area contributed by atoms with E-state index in [0.29, 0.717) is 11.6 Å². The number of phenols is 1. The van der Waals surface area contributed by atoms with Crippen LogP contribution in [0.4, 0.5) is 5.82 Å². The summed E-state index contributed by atoms with van der Waals surface area (Å²) >= 11 is 0. The Balaban J connectivity index is 1.36. The molecule has 6 rings (SSSR count). The normalized spacial score (nSPS) is 23.5. The summed E-state index contributed by atoms with van der Waals surface area (Å²) in [6.45, 7) is 2.10. The standard InChI is InChI=1S/C22H22N6O/c1-26-11-13-9-14(21(29)10-18(13)25-26)15-3-4-17-16(23-15)5-6-22(24-17)28-8-7-19-20(12-28)27(19)2/h3-6,9-11,19-20,29H,7-8,12H2,1-2H3. The molecule has 2 aliphatic heterocycles. The smallest absolute Gasteiger partial charge is 0.129 e. The van der Waals surface area contributed by atoms with Gasteiger partial charge in [-0.15, -0.1) is 0 Å². The second-order valence-electron chi connectivity index (χ2n) is 8.17. The minimum Gasteiger partial charge on any atom is -0.507 e. The third kappa shape index (κ3) is 2.65. The first-order valence-corrected chi connectivity index (χ1v) is 9.98. The van der Waals surface area contributed by atoms with Gasteiger partial charge in [0.25, 0.3) is 0 Å². The van der Waals surface area contributed by atoms with Crippen LogP contribution in [0.25, 0.3) is 33.2 Å². The van der Waals surface area contributed by atoms with Crippen molar-refractivity contribution >= 4 is 27.8 Å². The van der Waals surface area contributed by atoms with Crippen molar-refractivity contribution < 1.29 is 5.11 Å². The Kier molecular flexibility index (Phi) is 3.41. The second kappa shape index (κ2) is 5.90. The van der Waals surface area contributed by atoms with Gasteiger partial charge in [0.15, 0.2) is 0 Å². The topological polar surface area (TPSA) is 70.1 Å². The first-order chi connectivity index (χ1) is 14.1. The summed E-state index contributed by atoms with van der Waals surface area (Å²) in [4.78, 5) is 14.4. The van der Waals surface area contributed by atoms with Gasteiger partial charge >= 0.3 is 0 Å². The molecular formula is C22H22N6O. The molecule has 5 heterocycles. The lowest BCUT2D eigenvalue weighted by Gasteiger charge is -2.26. The lowest BCUT2D eigenvalue weighted by atomic mass is 10.1. The van der Waals surface area contributed by atoms with E-state index in [2.05, 4.69) is 28.0 Å². The number of piperidine rings is 1. The van der Waals surface area contributed by atoms with Crippen molar-refractivity contribution in [3.63, 3.8) is 0 Å². The molecule has 1 N–H and O–H groups in total. The number of benzene rings is 1. The number of aromatic hydroxyl groups is 1. The molecule has 3 aromatic heterocycles. The Morgan fingerprint density at radius 1 is 0.966 bits per heavy atom. The van der Waals surface area contributed by atoms with E-state index in [1.807, 2.05) is 37.5 Å². The molecule has 0 saturated carbocycles. The molecule has 2 aliphatic rings. The Morgan fingerprint density at radius 2 is 1.79 bits per heavy atom. The van der Waals surface area contributed by atoms with E-state index in [4.69, 9.17) is 9.97 Å². The highest BCUT2D eigenvalue weighted by Crippen LogP contribution is 2.36. The SMILES string of the molecule is CN1C2CCN(c3ccc4nc(-c5cc6cn(C)nc6cc5O)ccc4n3)CC21. The number of aryl methyl sites for hydroxylation is 1. The van der Waals surface area contributed by atoms with Crippen LogP contribution in [0, 0.1) is 0 Å². The maximum absolute atomic E-state index is 10.5. The molecule has 2 fully saturated rings. The van der Waals surface area contributed by atoms with E-state index in [0.717, 1.165) is 52.6 Å². The predicted molar refractivity (Wildman–Crippen MR) is 113 cm³/mol. The van der Waals surface area contributed by atoms with Crippen molar-refractivity contribution in [2.24, 2.45) is 7.05 Å². The van der Waals surface area contributed by atoms with E-state index in [1.54, 1.807) is 10.7 Å². The first kappa shape index (κ1) is 16.7. The van der Waals surface area contributed by atoms with Crippen LogP contribution in [0.15, 0.2) is 42.6 Å². The summed E-state index contributed by atoms with van der Waals surface area (Å²) in [7, 11) is 4.08. The van der Waals surface area contributed by atoms with Crippen LogP contribution in [-0.2, 0) is 7.05 Å². The van der Waals surface area contributed by atoms with Gasteiger partial charge in [-0.2, -0.15) is 5.10 Å².